The van der Waals surface area contributed by atoms with Crippen molar-refractivity contribution in [2.45, 2.75) is 46.5 Å². The molecular weight excluding hydrogens is 244 g/mol. The highest BCUT2D eigenvalue weighted by atomic mass is 16.5. The van der Waals surface area contributed by atoms with Gasteiger partial charge < -0.3 is 9.53 Å². The van der Waals surface area contributed by atoms with Crippen LogP contribution in [0.4, 0.5) is 0 Å². The summed E-state index contributed by atoms with van der Waals surface area (Å²) in [4.78, 5) is 33.4. The molecule has 4 heteroatoms. The van der Waals surface area contributed by atoms with E-state index in [0.29, 0.717) is 12.3 Å². The SMILES string of the molecule is COC(=O)CCC(=O)/C=C/[C@H](CCC(C)=O)C(C)C. The first-order valence-electron chi connectivity index (χ1n) is 6.64. The molecule has 0 saturated carbocycles. The van der Waals surface area contributed by atoms with Crippen LogP contribution in [-0.2, 0) is 19.1 Å². The Balaban J connectivity index is 4.25. The van der Waals surface area contributed by atoms with Gasteiger partial charge in [-0.3, -0.25) is 9.59 Å². The minimum atomic E-state index is -0.376. The van der Waals surface area contributed by atoms with Crippen molar-refractivity contribution in [3.8, 4) is 0 Å². The maximum Gasteiger partial charge on any atom is 0.305 e. The van der Waals surface area contributed by atoms with Crippen LogP contribution in [0.1, 0.15) is 46.5 Å². The van der Waals surface area contributed by atoms with E-state index >= 15 is 0 Å². The maximum absolute atomic E-state index is 11.6. The highest BCUT2D eigenvalue weighted by Gasteiger charge is 2.12. The fourth-order valence-electron chi connectivity index (χ4n) is 1.66. The van der Waals surface area contributed by atoms with Gasteiger partial charge in [-0.2, -0.15) is 0 Å². The summed E-state index contributed by atoms with van der Waals surface area (Å²) in [7, 11) is 1.30. The molecule has 0 aromatic heterocycles. The second-order valence-electron chi connectivity index (χ2n) is 5.05. The van der Waals surface area contributed by atoms with Gasteiger partial charge in [-0.25, -0.2) is 0 Å². The molecule has 0 rings (SSSR count). The van der Waals surface area contributed by atoms with Gasteiger partial charge in [0, 0.05) is 12.8 Å². The molecule has 0 aliphatic heterocycles. The predicted octanol–water partition coefficient (Wildman–Crippen LogP) is 2.71. The van der Waals surface area contributed by atoms with Crippen LogP contribution in [0, 0.1) is 11.8 Å². The van der Waals surface area contributed by atoms with Crippen molar-refractivity contribution < 1.29 is 19.1 Å². The largest absolute Gasteiger partial charge is 0.469 e. The first kappa shape index (κ1) is 17.6. The van der Waals surface area contributed by atoms with Crippen molar-refractivity contribution in [1.82, 2.24) is 0 Å². The lowest BCUT2D eigenvalue weighted by molar-refractivity contribution is -0.141. The van der Waals surface area contributed by atoms with Crippen molar-refractivity contribution in [2.24, 2.45) is 11.8 Å². The third-order valence-electron chi connectivity index (χ3n) is 3.02. The Morgan fingerprint density at radius 1 is 1.11 bits per heavy atom. The average Bonchev–Trinajstić information content (AvgIpc) is 2.34. The highest BCUT2D eigenvalue weighted by Crippen LogP contribution is 2.19. The number of allylic oxidation sites excluding steroid dienone is 2. The monoisotopic (exact) mass is 268 g/mol. The van der Waals surface area contributed by atoms with Crippen molar-refractivity contribution in [3.63, 3.8) is 0 Å². The quantitative estimate of drug-likeness (QED) is 0.476. The molecule has 0 radical (unpaired) electrons. The number of carbonyl (C=O) groups is 3. The van der Waals surface area contributed by atoms with E-state index < -0.39 is 0 Å². The molecule has 0 unspecified atom stereocenters. The van der Waals surface area contributed by atoms with Crippen LogP contribution in [0.15, 0.2) is 12.2 Å². The van der Waals surface area contributed by atoms with Crippen molar-refractivity contribution >= 4 is 17.5 Å². The zero-order chi connectivity index (χ0) is 14.8. The van der Waals surface area contributed by atoms with Crippen LogP contribution < -0.4 is 0 Å². The fraction of sp³-hybridized carbons (Fsp3) is 0.667. The number of methoxy groups -OCH3 is 1. The van der Waals surface area contributed by atoms with Crippen LogP contribution >= 0.6 is 0 Å². The molecule has 108 valence electrons. The van der Waals surface area contributed by atoms with E-state index in [9.17, 15) is 14.4 Å². The number of Topliss-reactive ketones (excluding diaryl/α,β-unsaturated/α-hetero) is 1. The molecule has 0 aromatic carbocycles. The molecule has 0 saturated heterocycles. The minimum absolute atomic E-state index is 0.0844. The number of ether oxygens (including phenoxy) is 1. The molecule has 0 aliphatic carbocycles. The highest BCUT2D eigenvalue weighted by molar-refractivity contribution is 5.91. The minimum Gasteiger partial charge on any atom is -0.469 e. The molecule has 0 aromatic rings. The second-order valence-corrected chi connectivity index (χ2v) is 5.05. The zero-order valence-electron chi connectivity index (χ0n) is 12.3. The van der Waals surface area contributed by atoms with Crippen LogP contribution in [0.5, 0.6) is 0 Å². The van der Waals surface area contributed by atoms with Crippen molar-refractivity contribution in [2.75, 3.05) is 7.11 Å². The summed E-state index contributed by atoms with van der Waals surface area (Å²) in [5, 5.41) is 0. The van der Waals surface area contributed by atoms with Gasteiger partial charge >= 0.3 is 5.97 Å². The zero-order valence-corrected chi connectivity index (χ0v) is 12.3. The maximum atomic E-state index is 11.6. The van der Waals surface area contributed by atoms with Crippen LogP contribution in [0.2, 0.25) is 0 Å². The fourth-order valence-corrected chi connectivity index (χ4v) is 1.66. The molecule has 0 bridgehead atoms. The summed E-state index contributed by atoms with van der Waals surface area (Å²) < 4.78 is 4.48. The van der Waals surface area contributed by atoms with Gasteiger partial charge in [0.15, 0.2) is 5.78 Å². The topological polar surface area (TPSA) is 60.4 Å². The Bertz CT molecular complexity index is 342. The Morgan fingerprint density at radius 2 is 1.74 bits per heavy atom. The van der Waals surface area contributed by atoms with E-state index in [0.717, 1.165) is 6.42 Å². The number of ketones is 2. The van der Waals surface area contributed by atoms with E-state index in [1.165, 1.54) is 13.2 Å². The molecule has 0 heterocycles. The second kappa shape index (κ2) is 9.48. The number of rotatable bonds is 9. The van der Waals surface area contributed by atoms with E-state index in [4.69, 9.17) is 0 Å². The Kier molecular flexibility index (Phi) is 8.75. The van der Waals surface area contributed by atoms with Crippen LogP contribution in [-0.4, -0.2) is 24.6 Å². The third kappa shape index (κ3) is 9.17. The third-order valence-corrected chi connectivity index (χ3v) is 3.02. The van der Waals surface area contributed by atoms with E-state index in [1.54, 1.807) is 6.92 Å². The molecule has 0 spiro atoms. The first-order valence-corrected chi connectivity index (χ1v) is 6.64. The van der Waals surface area contributed by atoms with Crippen molar-refractivity contribution in [1.29, 1.82) is 0 Å². The number of hydrogen-bond acceptors (Lipinski definition) is 4. The lowest BCUT2D eigenvalue weighted by atomic mass is 9.90. The molecule has 0 aliphatic rings. The molecule has 1 atom stereocenters. The summed E-state index contributed by atoms with van der Waals surface area (Å²) >= 11 is 0. The Hall–Kier alpha value is -1.45. The molecule has 0 amide bonds. The van der Waals surface area contributed by atoms with Gasteiger partial charge in [-0.1, -0.05) is 19.9 Å². The molecule has 0 N–H and O–H groups in total. The van der Waals surface area contributed by atoms with E-state index in [2.05, 4.69) is 18.6 Å². The molecule has 19 heavy (non-hydrogen) atoms. The van der Waals surface area contributed by atoms with Gasteiger partial charge in [0.1, 0.15) is 5.78 Å². The van der Waals surface area contributed by atoms with Crippen molar-refractivity contribution in [3.05, 3.63) is 12.2 Å². The summed E-state index contributed by atoms with van der Waals surface area (Å²) in [6.45, 7) is 5.70. The summed E-state index contributed by atoms with van der Waals surface area (Å²) in [6, 6.07) is 0. The van der Waals surface area contributed by atoms with Crippen LogP contribution in [0.3, 0.4) is 0 Å². The predicted molar refractivity (Wildman–Crippen MR) is 73.6 cm³/mol. The molecule has 4 nitrogen and oxygen atoms in total. The summed E-state index contributed by atoms with van der Waals surface area (Å²) in [5.74, 6) is 0.295. The Morgan fingerprint density at radius 3 is 2.21 bits per heavy atom. The number of carbonyl (C=O) groups excluding carboxylic acids is 3. The Labute approximate surface area is 115 Å². The summed E-state index contributed by atoms with van der Waals surface area (Å²) in [6.07, 6.45) is 4.94. The summed E-state index contributed by atoms with van der Waals surface area (Å²) in [5.41, 5.74) is 0. The van der Waals surface area contributed by atoms with Gasteiger partial charge in [0.2, 0.25) is 0 Å². The molecular formula is C15H24O4. The lowest BCUT2D eigenvalue weighted by Gasteiger charge is -2.15. The molecule has 0 fully saturated rings. The van der Waals surface area contributed by atoms with E-state index in [1.807, 2.05) is 6.08 Å². The van der Waals surface area contributed by atoms with Gasteiger partial charge in [0.25, 0.3) is 0 Å². The van der Waals surface area contributed by atoms with Gasteiger partial charge in [0.05, 0.1) is 13.5 Å². The smallest absolute Gasteiger partial charge is 0.305 e. The first-order chi connectivity index (χ1) is 8.86. The standard InChI is InChI=1S/C15H24O4/c1-11(2)13(6-5-12(3)16)7-8-14(17)9-10-15(18)19-4/h7-8,11,13H,5-6,9-10H2,1-4H3/b8-7+/t13-/m0/s1. The van der Waals surface area contributed by atoms with Gasteiger partial charge in [-0.05, 0) is 31.3 Å². The number of hydrogen-bond donors (Lipinski definition) is 0. The normalized spacial score (nSPS) is 12.7. The van der Waals surface area contributed by atoms with Gasteiger partial charge in [-0.15, -0.1) is 0 Å². The van der Waals surface area contributed by atoms with E-state index in [-0.39, 0.29) is 36.3 Å². The average molecular weight is 268 g/mol. The van der Waals surface area contributed by atoms with Crippen LogP contribution in [0.25, 0.3) is 0 Å². The lowest BCUT2D eigenvalue weighted by Crippen LogP contribution is -2.09. The number of esters is 1.